The summed E-state index contributed by atoms with van der Waals surface area (Å²) < 4.78 is 0. The Hall–Kier alpha value is -1.92. The van der Waals surface area contributed by atoms with Crippen LogP contribution >= 0.6 is 0 Å². The Morgan fingerprint density at radius 3 is 2.32 bits per heavy atom. The van der Waals surface area contributed by atoms with Crippen molar-refractivity contribution in [3.05, 3.63) is 29.8 Å². The minimum absolute atomic E-state index is 0.0333. The van der Waals surface area contributed by atoms with Gasteiger partial charge in [0.05, 0.1) is 6.10 Å². The summed E-state index contributed by atoms with van der Waals surface area (Å²) in [5.74, 6) is -0.493. The average molecular weight is 349 g/mol. The van der Waals surface area contributed by atoms with E-state index >= 15 is 0 Å². The van der Waals surface area contributed by atoms with Gasteiger partial charge in [0.25, 0.3) is 5.91 Å². The standard InChI is InChI=1S/C19H31N3O3/c1-4-5-6-7-8-13-22(3)19(25)15-9-11-16(12-10-15)21-18(24)17(20)14(2)23/h9-12,14,17,23H,4-8,13,20H2,1-3H3,(H,21,24)/t14-,17+/m1/s1. The average Bonchev–Trinajstić information content (AvgIpc) is 2.60. The number of anilines is 1. The van der Waals surface area contributed by atoms with Crippen molar-refractivity contribution in [3.8, 4) is 0 Å². The van der Waals surface area contributed by atoms with Gasteiger partial charge in [-0.1, -0.05) is 32.6 Å². The molecule has 6 nitrogen and oxygen atoms in total. The van der Waals surface area contributed by atoms with Gasteiger partial charge in [0, 0.05) is 24.8 Å². The molecule has 1 aromatic rings. The number of hydrogen-bond donors (Lipinski definition) is 3. The largest absolute Gasteiger partial charge is 0.391 e. The quantitative estimate of drug-likeness (QED) is 0.565. The fourth-order valence-corrected chi connectivity index (χ4v) is 2.42. The first-order valence-electron chi connectivity index (χ1n) is 8.96. The van der Waals surface area contributed by atoms with E-state index in [1.165, 1.54) is 26.2 Å². The van der Waals surface area contributed by atoms with Crippen LogP contribution in [0.3, 0.4) is 0 Å². The van der Waals surface area contributed by atoms with Crippen LogP contribution in [-0.2, 0) is 4.79 Å². The van der Waals surface area contributed by atoms with Crippen LogP contribution in [0.25, 0.3) is 0 Å². The van der Waals surface area contributed by atoms with Crippen molar-refractivity contribution in [2.45, 2.75) is 58.1 Å². The maximum atomic E-state index is 12.4. The fourth-order valence-electron chi connectivity index (χ4n) is 2.42. The van der Waals surface area contributed by atoms with Crippen molar-refractivity contribution in [3.63, 3.8) is 0 Å². The van der Waals surface area contributed by atoms with Crippen LogP contribution in [0.1, 0.15) is 56.3 Å². The molecule has 0 radical (unpaired) electrons. The molecule has 0 aliphatic rings. The Kier molecular flexibility index (Phi) is 9.16. The Labute approximate surface area is 150 Å². The molecule has 140 valence electrons. The molecule has 0 unspecified atom stereocenters. The van der Waals surface area contributed by atoms with Crippen LogP contribution in [0.4, 0.5) is 5.69 Å². The second-order valence-corrected chi connectivity index (χ2v) is 6.47. The lowest BCUT2D eigenvalue weighted by molar-refractivity contribution is -0.119. The number of nitrogens with two attached hydrogens (primary N) is 1. The number of unbranched alkanes of at least 4 members (excludes halogenated alkanes) is 4. The molecule has 2 atom stereocenters. The number of nitrogens with one attached hydrogen (secondary N) is 1. The Morgan fingerprint density at radius 2 is 1.76 bits per heavy atom. The molecule has 0 saturated carbocycles. The second-order valence-electron chi connectivity index (χ2n) is 6.47. The Morgan fingerprint density at radius 1 is 1.16 bits per heavy atom. The zero-order valence-corrected chi connectivity index (χ0v) is 15.5. The number of nitrogens with zero attached hydrogens (tertiary/aromatic N) is 1. The third kappa shape index (κ3) is 7.23. The predicted octanol–water partition coefficient (Wildman–Crippen LogP) is 2.38. The highest BCUT2D eigenvalue weighted by Gasteiger charge is 2.19. The molecule has 0 aliphatic carbocycles. The lowest BCUT2D eigenvalue weighted by Crippen LogP contribution is -2.43. The highest BCUT2D eigenvalue weighted by Crippen LogP contribution is 2.12. The number of carbonyl (C=O) groups excluding carboxylic acids is 2. The van der Waals surface area contributed by atoms with Gasteiger partial charge in [-0.25, -0.2) is 0 Å². The Balaban J connectivity index is 2.51. The molecule has 0 heterocycles. The van der Waals surface area contributed by atoms with Gasteiger partial charge in [-0.2, -0.15) is 0 Å². The number of carbonyl (C=O) groups is 2. The number of benzene rings is 1. The van der Waals surface area contributed by atoms with Gasteiger partial charge in [-0.3, -0.25) is 9.59 Å². The van der Waals surface area contributed by atoms with Crippen molar-refractivity contribution in [2.75, 3.05) is 18.9 Å². The first-order valence-corrected chi connectivity index (χ1v) is 8.96. The third-order valence-electron chi connectivity index (χ3n) is 4.17. The van der Waals surface area contributed by atoms with Crippen LogP contribution in [0.5, 0.6) is 0 Å². The minimum Gasteiger partial charge on any atom is -0.391 e. The summed E-state index contributed by atoms with van der Waals surface area (Å²) in [5.41, 5.74) is 6.70. The van der Waals surface area contributed by atoms with Crippen molar-refractivity contribution >= 4 is 17.5 Å². The molecule has 0 spiro atoms. The molecule has 0 aliphatic heterocycles. The van der Waals surface area contributed by atoms with Crippen LogP contribution < -0.4 is 11.1 Å². The molecule has 25 heavy (non-hydrogen) atoms. The van der Waals surface area contributed by atoms with Crippen molar-refractivity contribution < 1.29 is 14.7 Å². The lowest BCUT2D eigenvalue weighted by Gasteiger charge is -2.18. The number of rotatable bonds is 10. The highest BCUT2D eigenvalue weighted by molar-refractivity contribution is 5.97. The molecule has 6 heteroatoms. The normalized spacial score (nSPS) is 13.2. The molecule has 2 amide bonds. The maximum absolute atomic E-state index is 12.4. The van der Waals surface area contributed by atoms with E-state index in [4.69, 9.17) is 5.73 Å². The van der Waals surface area contributed by atoms with Gasteiger partial charge in [-0.05, 0) is 37.6 Å². The molecular formula is C19H31N3O3. The summed E-state index contributed by atoms with van der Waals surface area (Å²) in [6.45, 7) is 4.38. The van der Waals surface area contributed by atoms with Crippen molar-refractivity contribution in [1.82, 2.24) is 4.90 Å². The van der Waals surface area contributed by atoms with Crippen LogP contribution in [0.15, 0.2) is 24.3 Å². The lowest BCUT2D eigenvalue weighted by atomic mass is 10.1. The zero-order valence-electron chi connectivity index (χ0n) is 15.5. The summed E-state index contributed by atoms with van der Waals surface area (Å²) in [6.07, 6.45) is 4.88. The monoisotopic (exact) mass is 349 g/mol. The summed E-state index contributed by atoms with van der Waals surface area (Å²) in [6, 6.07) is 5.70. The van der Waals surface area contributed by atoms with Gasteiger partial charge < -0.3 is 21.1 Å². The van der Waals surface area contributed by atoms with E-state index in [0.29, 0.717) is 11.3 Å². The molecular weight excluding hydrogens is 318 g/mol. The van der Waals surface area contributed by atoms with E-state index in [-0.39, 0.29) is 5.91 Å². The van der Waals surface area contributed by atoms with Gasteiger partial charge in [0.1, 0.15) is 6.04 Å². The topological polar surface area (TPSA) is 95.7 Å². The Bertz CT molecular complexity index is 543. The summed E-state index contributed by atoms with van der Waals surface area (Å²) in [7, 11) is 1.81. The zero-order chi connectivity index (χ0) is 18.8. The van der Waals surface area contributed by atoms with E-state index in [9.17, 15) is 14.7 Å². The number of aliphatic hydroxyl groups is 1. The maximum Gasteiger partial charge on any atom is 0.253 e. The van der Waals surface area contributed by atoms with E-state index in [2.05, 4.69) is 12.2 Å². The SMILES string of the molecule is CCCCCCCN(C)C(=O)c1ccc(NC(=O)[C@@H](N)[C@@H](C)O)cc1. The molecule has 1 aromatic carbocycles. The summed E-state index contributed by atoms with van der Waals surface area (Å²) in [5, 5.41) is 12.0. The summed E-state index contributed by atoms with van der Waals surface area (Å²) in [4.78, 5) is 25.9. The van der Waals surface area contributed by atoms with E-state index in [0.717, 1.165) is 19.4 Å². The second kappa shape index (κ2) is 10.8. The van der Waals surface area contributed by atoms with Gasteiger partial charge in [0.2, 0.25) is 5.91 Å². The van der Waals surface area contributed by atoms with Gasteiger partial charge in [-0.15, -0.1) is 0 Å². The molecule has 1 rings (SSSR count). The van der Waals surface area contributed by atoms with Gasteiger partial charge >= 0.3 is 0 Å². The highest BCUT2D eigenvalue weighted by atomic mass is 16.3. The van der Waals surface area contributed by atoms with Gasteiger partial charge in [0.15, 0.2) is 0 Å². The first-order chi connectivity index (χ1) is 11.9. The van der Waals surface area contributed by atoms with Crippen molar-refractivity contribution in [1.29, 1.82) is 0 Å². The number of aliphatic hydroxyl groups excluding tert-OH is 1. The summed E-state index contributed by atoms with van der Waals surface area (Å²) >= 11 is 0. The smallest absolute Gasteiger partial charge is 0.253 e. The molecule has 4 N–H and O–H groups in total. The fraction of sp³-hybridized carbons (Fsp3) is 0.579. The molecule has 0 bridgehead atoms. The predicted molar refractivity (Wildman–Crippen MR) is 100 cm³/mol. The first kappa shape index (κ1) is 21.1. The van der Waals surface area contributed by atoms with Crippen LogP contribution in [-0.4, -0.2) is 47.6 Å². The third-order valence-corrected chi connectivity index (χ3v) is 4.17. The van der Waals surface area contributed by atoms with E-state index in [1.807, 2.05) is 0 Å². The number of hydrogen-bond acceptors (Lipinski definition) is 4. The van der Waals surface area contributed by atoms with Crippen LogP contribution in [0, 0.1) is 0 Å². The molecule has 0 fully saturated rings. The minimum atomic E-state index is -0.986. The van der Waals surface area contributed by atoms with E-state index in [1.54, 1.807) is 36.2 Å². The van der Waals surface area contributed by atoms with Crippen molar-refractivity contribution in [2.24, 2.45) is 5.73 Å². The van der Waals surface area contributed by atoms with E-state index < -0.39 is 18.1 Å². The molecule has 0 aromatic heterocycles. The molecule has 0 saturated heterocycles. The van der Waals surface area contributed by atoms with Crippen LogP contribution in [0.2, 0.25) is 0 Å². The number of amides is 2.